The van der Waals surface area contributed by atoms with Crippen LogP contribution in [0.15, 0.2) is 0 Å². The van der Waals surface area contributed by atoms with Crippen LogP contribution in [0, 0.1) is 23.2 Å². The number of hydrogen-bond donors (Lipinski definition) is 0. The molecule has 2 saturated carbocycles. The summed E-state index contributed by atoms with van der Waals surface area (Å²) in [7, 11) is 1.59. The lowest BCUT2D eigenvalue weighted by atomic mass is 9.63. The van der Waals surface area contributed by atoms with Crippen LogP contribution in [0.3, 0.4) is 0 Å². The van der Waals surface area contributed by atoms with Gasteiger partial charge < -0.3 is 4.74 Å². The van der Waals surface area contributed by atoms with Gasteiger partial charge in [-0.15, -0.1) is 0 Å². The average Bonchev–Trinajstić information content (AvgIpc) is 2.68. The molecular weight excluding hydrogens is 320 g/mol. The minimum atomic E-state index is -0.156. The maximum Gasteiger partial charge on any atom is 0.311 e. The maximum atomic E-state index is 12.6. The highest BCUT2D eigenvalue weighted by molar-refractivity contribution is 5.76. The van der Waals surface area contributed by atoms with Gasteiger partial charge in [-0.3, -0.25) is 4.79 Å². The van der Waals surface area contributed by atoms with E-state index >= 15 is 0 Å². The first-order valence-electron chi connectivity index (χ1n) is 11.7. The molecule has 0 aromatic heterocycles. The van der Waals surface area contributed by atoms with Crippen LogP contribution < -0.4 is 0 Å². The second-order valence-corrected chi connectivity index (χ2v) is 9.34. The van der Waals surface area contributed by atoms with Gasteiger partial charge in [0.05, 0.1) is 12.5 Å². The number of ether oxygens (including phenoxy) is 1. The molecule has 2 heteroatoms. The van der Waals surface area contributed by atoms with E-state index in [1.54, 1.807) is 7.11 Å². The number of rotatable bonds is 10. The zero-order chi connectivity index (χ0) is 18.8. The second kappa shape index (κ2) is 11.3. The van der Waals surface area contributed by atoms with Gasteiger partial charge in [0.1, 0.15) is 0 Å². The van der Waals surface area contributed by atoms with Crippen LogP contribution in [0.5, 0.6) is 0 Å². The van der Waals surface area contributed by atoms with Crippen molar-refractivity contribution in [2.45, 2.75) is 117 Å². The van der Waals surface area contributed by atoms with Gasteiger partial charge in [-0.2, -0.15) is 0 Å². The summed E-state index contributed by atoms with van der Waals surface area (Å²) in [5, 5.41) is 0. The third-order valence-corrected chi connectivity index (χ3v) is 7.62. The summed E-state index contributed by atoms with van der Waals surface area (Å²) in [5.41, 5.74) is -0.156. The molecule has 2 fully saturated rings. The Kier molecular flexibility index (Phi) is 9.50. The van der Waals surface area contributed by atoms with Gasteiger partial charge in [-0.1, -0.05) is 71.6 Å². The minimum Gasteiger partial charge on any atom is -0.469 e. The quantitative estimate of drug-likeness (QED) is 0.300. The van der Waals surface area contributed by atoms with Crippen molar-refractivity contribution < 1.29 is 9.53 Å². The predicted octanol–water partition coefficient (Wildman–Crippen LogP) is 7.30. The first kappa shape index (κ1) is 21.8. The fourth-order valence-corrected chi connectivity index (χ4v) is 5.86. The highest BCUT2D eigenvalue weighted by Crippen LogP contribution is 2.48. The smallest absolute Gasteiger partial charge is 0.311 e. The number of esters is 1. The Bertz CT molecular complexity index is 387. The monoisotopic (exact) mass is 364 g/mol. The molecule has 26 heavy (non-hydrogen) atoms. The molecule has 0 spiro atoms. The van der Waals surface area contributed by atoms with Crippen molar-refractivity contribution in [3.8, 4) is 0 Å². The predicted molar refractivity (Wildman–Crippen MR) is 110 cm³/mol. The molecule has 0 amide bonds. The molecule has 0 aromatic rings. The third kappa shape index (κ3) is 5.99. The highest BCUT2D eigenvalue weighted by atomic mass is 16.5. The molecule has 2 rings (SSSR count). The minimum absolute atomic E-state index is 0.0816. The first-order chi connectivity index (χ1) is 12.6. The Morgan fingerprint density at radius 1 is 0.846 bits per heavy atom. The van der Waals surface area contributed by atoms with Gasteiger partial charge in [0.2, 0.25) is 0 Å². The Labute approximate surface area is 162 Å². The molecule has 0 radical (unpaired) electrons. The third-order valence-electron chi connectivity index (χ3n) is 7.62. The van der Waals surface area contributed by atoms with Gasteiger partial charge in [-0.25, -0.2) is 0 Å². The molecule has 0 aromatic carbocycles. The molecule has 0 bridgehead atoms. The van der Waals surface area contributed by atoms with Crippen molar-refractivity contribution in [2.75, 3.05) is 7.11 Å². The van der Waals surface area contributed by atoms with E-state index in [9.17, 15) is 4.79 Å². The molecule has 2 nitrogen and oxygen atoms in total. The van der Waals surface area contributed by atoms with Crippen LogP contribution in [0.25, 0.3) is 0 Å². The van der Waals surface area contributed by atoms with Crippen molar-refractivity contribution >= 4 is 5.97 Å². The highest BCUT2D eigenvalue weighted by Gasteiger charge is 2.43. The van der Waals surface area contributed by atoms with Gasteiger partial charge in [0.25, 0.3) is 0 Å². The van der Waals surface area contributed by atoms with Gasteiger partial charge in [-0.05, 0) is 62.7 Å². The number of carbonyl (C=O) groups excluding carboxylic acids is 1. The van der Waals surface area contributed by atoms with Crippen LogP contribution >= 0.6 is 0 Å². The number of unbranched alkanes of at least 4 members (excludes halogenated alkanes) is 4. The van der Waals surface area contributed by atoms with Crippen molar-refractivity contribution in [1.82, 2.24) is 0 Å². The fraction of sp³-hybridized carbons (Fsp3) is 0.958. The molecule has 0 saturated heterocycles. The van der Waals surface area contributed by atoms with Crippen molar-refractivity contribution in [2.24, 2.45) is 23.2 Å². The Balaban J connectivity index is 1.80. The normalized spacial score (nSPS) is 32.3. The van der Waals surface area contributed by atoms with E-state index in [2.05, 4.69) is 13.8 Å². The Morgan fingerprint density at radius 3 is 2.04 bits per heavy atom. The van der Waals surface area contributed by atoms with Crippen LogP contribution in [0.2, 0.25) is 0 Å². The molecule has 0 unspecified atom stereocenters. The summed E-state index contributed by atoms with van der Waals surface area (Å²) < 4.78 is 5.25. The van der Waals surface area contributed by atoms with Gasteiger partial charge >= 0.3 is 5.97 Å². The van der Waals surface area contributed by atoms with Crippen LogP contribution in [0.4, 0.5) is 0 Å². The fourth-order valence-electron chi connectivity index (χ4n) is 5.86. The topological polar surface area (TPSA) is 26.3 Å². The first-order valence-corrected chi connectivity index (χ1v) is 11.7. The standard InChI is InChI=1S/C24H44O2/c1-4-6-7-8-9-17-24(23(25)26-3)18-15-22(16-19-24)21-13-11-20(10-5-2)12-14-21/h20-22H,4-19H2,1-3H3. The molecule has 0 N–H and O–H groups in total. The van der Waals surface area contributed by atoms with E-state index in [4.69, 9.17) is 4.74 Å². The number of methoxy groups -OCH3 is 1. The summed E-state index contributed by atoms with van der Waals surface area (Å²) in [6.07, 6.45) is 20.7. The Hall–Kier alpha value is -0.530. The van der Waals surface area contributed by atoms with Crippen molar-refractivity contribution in [1.29, 1.82) is 0 Å². The van der Waals surface area contributed by atoms with Crippen molar-refractivity contribution in [3.63, 3.8) is 0 Å². The van der Waals surface area contributed by atoms with E-state index in [-0.39, 0.29) is 11.4 Å². The van der Waals surface area contributed by atoms with Gasteiger partial charge in [0.15, 0.2) is 0 Å². The van der Waals surface area contributed by atoms with E-state index in [1.165, 1.54) is 83.5 Å². The van der Waals surface area contributed by atoms with E-state index in [0.29, 0.717) is 0 Å². The lowest BCUT2D eigenvalue weighted by Gasteiger charge is -2.42. The molecule has 2 aliphatic carbocycles. The molecule has 152 valence electrons. The summed E-state index contributed by atoms with van der Waals surface area (Å²) in [6, 6.07) is 0. The zero-order valence-corrected chi connectivity index (χ0v) is 17.9. The second-order valence-electron chi connectivity index (χ2n) is 9.34. The lowest BCUT2D eigenvalue weighted by Crippen LogP contribution is -2.38. The number of carbonyl (C=O) groups is 1. The molecule has 2 aliphatic rings. The molecule has 0 atom stereocenters. The molecular formula is C24H44O2. The van der Waals surface area contributed by atoms with E-state index in [1.807, 2.05) is 0 Å². The maximum absolute atomic E-state index is 12.6. The van der Waals surface area contributed by atoms with Crippen LogP contribution in [0.1, 0.15) is 117 Å². The SMILES string of the molecule is CCCCCCCC1(C(=O)OC)CCC(C2CCC(CCC)CC2)CC1. The molecule has 0 aliphatic heterocycles. The summed E-state index contributed by atoms with van der Waals surface area (Å²) in [5.74, 6) is 2.88. The van der Waals surface area contributed by atoms with E-state index < -0.39 is 0 Å². The van der Waals surface area contributed by atoms with Crippen molar-refractivity contribution in [3.05, 3.63) is 0 Å². The van der Waals surface area contributed by atoms with Gasteiger partial charge in [0, 0.05) is 0 Å². The van der Waals surface area contributed by atoms with Crippen LogP contribution in [-0.4, -0.2) is 13.1 Å². The van der Waals surface area contributed by atoms with Crippen LogP contribution in [-0.2, 0) is 9.53 Å². The summed E-state index contributed by atoms with van der Waals surface area (Å²) in [4.78, 5) is 12.6. The average molecular weight is 365 g/mol. The zero-order valence-electron chi connectivity index (χ0n) is 17.9. The largest absolute Gasteiger partial charge is 0.469 e. The lowest BCUT2D eigenvalue weighted by molar-refractivity contribution is -0.156. The number of hydrogen-bond acceptors (Lipinski definition) is 2. The Morgan fingerprint density at radius 2 is 1.46 bits per heavy atom. The summed E-state index contributed by atoms with van der Waals surface area (Å²) in [6.45, 7) is 4.58. The molecule has 0 heterocycles. The summed E-state index contributed by atoms with van der Waals surface area (Å²) >= 11 is 0. The van der Waals surface area contributed by atoms with E-state index in [0.717, 1.165) is 37.0 Å².